The van der Waals surface area contributed by atoms with Crippen molar-refractivity contribution in [3.05, 3.63) is 70.0 Å². The van der Waals surface area contributed by atoms with E-state index in [1.54, 1.807) is 24.3 Å². The summed E-state index contributed by atoms with van der Waals surface area (Å²) in [6.45, 7) is 0.533. The van der Waals surface area contributed by atoms with Gasteiger partial charge in [0.1, 0.15) is 0 Å². The van der Waals surface area contributed by atoms with E-state index in [0.717, 1.165) is 12.1 Å². The summed E-state index contributed by atoms with van der Waals surface area (Å²) in [6.07, 6.45) is 0.937. The zero-order valence-electron chi connectivity index (χ0n) is 14.1. The van der Waals surface area contributed by atoms with E-state index in [-0.39, 0.29) is 25.0 Å². The molecular weight excluding hydrogens is 381 g/mol. The summed E-state index contributed by atoms with van der Waals surface area (Å²) in [7, 11) is 0. The van der Waals surface area contributed by atoms with Crippen molar-refractivity contribution >= 4 is 23.4 Å². The summed E-state index contributed by atoms with van der Waals surface area (Å²) in [5, 5.41) is 3.41. The van der Waals surface area contributed by atoms with Crippen molar-refractivity contribution in [1.82, 2.24) is 10.2 Å². The average Bonchev–Trinajstić information content (AvgIpc) is 2.67. The fraction of sp³-hybridized carbons (Fsp3) is 0.263. The van der Waals surface area contributed by atoms with Crippen LogP contribution in [0.4, 0.5) is 13.2 Å². The molecule has 2 aromatic rings. The maximum absolute atomic E-state index is 13.8. The van der Waals surface area contributed by atoms with Crippen LogP contribution in [0.5, 0.6) is 0 Å². The van der Waals surface area contributed by atoms with Gasteiger partial charge in [0.2, 0.25) is 0 Å². The first-order valence-electron chi connectivity index (χ1n) is 8.36. The maximum Gasteiger partial charge on any atom is 0.256 e. The molecule has 0 unspecified atom stereocenters. The third-order valence-corrected chi connectivity index (χ3v) is 4.74. The molecule has 4 nitrogen and oxygen atoms in total. The molecule has 142 valence electrons. The Kier molecular flexibility index (Phi) is 5.70. The van der Waals surface area contributed by atoms with Crippen LogP contribution in [0.25, 0.3) is 0 Å². The number of piperidine rings is 1. The number of rotatable bonds is 3. The SMILES string of the molecule is O=C(NC1CCN(C(=O)c2ccc(F)c(F)c2F)CC1)c1ccc(Cl)cc1. The van der Waals surface area contributed by atoms with Crippen LogP contribution >= 0.6 is 11.6 Å². The maximum atomic E-state index is 13.8. The molecule has 0 aromatic heterocycles. The number of amides is 2. The summed E-state index contributed by atoms with van der Waals surface area (Å²) < 4.78 is 40.2. The Morgan fingerprint density at radius 3 is 2.22 bits per heavy atom. The highest BCUT2D eigenvalue weighted by atomic mass is 35.5. The molecule has 1 aliphatic heterocycles. The van der Waals surface area contributed by atoms with Crippen LogP contribution in [0.2, 0.25) is 5.02 Å². The minimum atomic E-state index is -1.66. The number of hydrogen-bond donors (Lipinski definition) is 1. The molecule has 0 bridgehead atoms. The number of carbonyl (C=O) groups excluding carboxylic acids is 2. The van der Waals surface area contributed by atoms with Crippen molar-refractivity contribution in [2.45, 2.75) is 18.9 Å². The van der Waals surface area contributed by atoms with Crippen LogP contribution in [0.15, 0.2) is 36.4 Å². The molecule has 3 rings (SSSR count). The number of nitrogens with one attached hydrogen (secondary N) is 1. The van der Waals surface area contributed by atoms with E-state index >= 15 is 0 Å². The molecule has 0 saturated carbocycles. The summed E-state index contributed by atoms with van der Waals surface area (Å²) >= 11 is 5.79. The van der Waals surface area contributed by atoms with Gasteiger partial charge >= 0.3 is 0 Å². The van der Waals surface area contributed by atoms with Gasteiger partial charge in [0, 0.05) is 29.7 Å². The Morgan fingerprint density at radius 1 is 0.963 bits per heavy atom. The van der Waals surface area contributed by atoms with Gasteiger partial charge in [-0.05, 0) is 49.2 Å². The van der Waals surface area contributed by atoms with Crippen LogP contribution in [-0.2, 0) is 0 Å². The number of benzene rings is 2. The van der Waals surface area contributed by atoms with Crippen LogP contribution in [0.3, 0.4) is 0 Å². The lowest BCUT2D eigenvalue weighted by molar-refractivity contribution is 0.0692. The molecule has 2 amide bonds. The van der Waals surface area contributed by atoms with E-state index in [4.69, 9.17) is 11.6 Å². The largest absolute Gasteiger partial charge is 0.349 e. The van der Waals surface area contributed by atoms with Gasteiger partial charge in [-0.3, -0.25) is 9.59 Å². The van der Waals surface area contributed by atoms with E-state index in [2.05, 4.69) is 5.32 Å². The van der Waals surface area contributed by atoms with Crippen LogP contribution < -0.4 is 5.32 Å². The summed E-state index contributed by atoms with van der Waals surface area (Å²) in [4.78, 5) is 25.9. The van der Waals surface area contributed by atoms with Gasteiger partial charge < -0.3 is 10.2 Å². The van der Waals surface area contributed by atoms with Crippen molar-refractivity contribution < 1.29 is 22.8 Å². The first kappa shape index (κ1) is 19.2. The quantitative estimate of drug-likeness (QED) is 0.802. The lowest BCUT2D eigenvalue weighted by Crippen LogP contribution is -2.46. The number of carbonyl (C=O) groups is 2. The van der Waals surface area contributed by atoms with E-state index < -0.39 is 28.9 Å². The van der Waals surface area contributed by atoms with Gasteiger partial charge in [-0.2, -0.15) is 0 Å². The Morgan fingerprint density at radius 2 is 1.59 bits per heavy atom. The van der Waals surface area contributed by atoms with Crippen LogP contribution in [0.1, 0.15) is 33.6 Å². The van der Waals surface area contributed by atoms with Crippen LogP contribution in [0, 0.1) is 17.5 Å². The average molecular weight is 397 g/mol. The first-order valence-corrected chi connectivity index (χ1v) is 8.74. The van der Waals surface area contributed by atoms with E-state index in [1.165, 1.54) is 4.90 Å². The summed E-state index contributed by atoms with van der Waals surface area (Å²) in [5.41, 5.74) is -0.0284. The van der Waals surface area contributed by atoms with E-state index in [1.807, 2.05) is 0 Å². The molecule has 0 aliphatic carbocycles. The van der Waals surface area contributed by atoms with Gasteiger partial charge in [-0.25, -0.2) is 13.2 Å². The topological polar surface area (TPSA) is 49.4 Å². The van der Waals surface area contributed by atoms with Crippen molar-refractivity contribution in [3.63, 3.8) is 0 Å². The minimum absolute atomic E-state index is 0.146. The van der Waals surface area contributed by atoms with Gasteiger partial charge in [-0.1, -0.05) is 11.6 Å². The van der Waals surface area contributed by atoms with Crippen molar-refractivity contribution in [2.75, 3.05) is 13.1 Å². The second kappa shape index (κ2) is 8.00. The molecule has 1 aliphatic rings. The Hall–Kier alpha value is -2.54. The third kappa shape index (κ3) is 4.24. The fourth-order valence-electron chi connectivity index (χ4n) is 2.96. The fourth-order valence-corrected chi connectivity index (χ4v) is 3.08. The molecule has 27 heavy (non-hydrogen) atoms. The number of nitrogens with zero attached hydrogens (tertiary/aromatic N) is 1. The van der Waals surface area contributed by atoms with E-state index in [9.17, 15) is 22.8 Å². The van der Waals surface area contributed by atoms with Crippen molar-refractivity contribution in [1.29, 1.82) is 0 Å². The summed E-state index contributed by atoms with van der Waals surface area (Å²) in [6, 6.07) is 7.98. The van der Waals surface area contributed by atoms with E-state index in [0.29, 0.717) is 23.4 Å². The zero-order valence-corrected chi connectivity index (χ0v) is 14.9. The molecule has 1 saturated heterocycles. The van der Waals surface area contributed by atoms with Gasteiger partial charge in [0.05, 0.1) is 5.56 Å². The number of likely N-dealkylation sites (tertiary alicyclic amines) is 1. The van der Waals surface area contributed by atoms with Gasteiger partial charge in [-0.15, -0.1) is 0 Å². The van der Waals surface area contributed by atoms with Gasteiger partial charge in [0.25, 0.3) is 11.8 Å². The molecule has 1 fully saturated rings. The molecule has 2 aromatic carbocycles. The second-order valence-electron chi connectivity index (χ2n) is 6.27. The predicted octanol–water partition coefficient (Wildman–Crippen LogP) is 3.79. The second-order valence-corrected chi connectivity index (χ2v) is 6.71. The highest BCUT2D eigenvalue weighted by molar-refractivity contribution is 6.30. The van der Waals surface area contributed by atoms with Crippen LogP contribution in [-0.4, -0.2) is 35.8 Å². The number of halogens is 4. The smallest absolute Gasteiger partial charge is 0.256 e. The molecule has 0 atom stereocenters. The first-order chi connectivity index (χ1) is 12.9. The standard InChI is InChI=1S/C19H16ClF3N2O2/c20-12-3-1-11(2-4-12)18(26)24-13-7-9-25(10-8-13)19(27)14-5-6-15(21)17(23)16(14)22/h1-6,13H,7-10H2,(H,24,26). The van der Waals surface area contributed by atoms with Crippen molar-refractivity contribution in [3.8, 4) is 0 Å². The molecular formula is C19H16ClF3N2O2. The van der Waals surface area contributed by atoms with Crippen molar-refractivity contribution in [2.24, 2.45) is 0 Å². The monoisotopic (exact) mass is 396 g/mol. The Balaban J connectivity index is 1.58. The molecule has 0 radical (unpaired) electrons. The highest BCUT2D eigenvalue weighted by Crippen LogP contribution is 2.20. The predicted molar refractivity (Wildman–Crippen MR) is 94.2 cm³/mol. The molecule has 8 heteroatoms. The zero-order chi connectivity index (χ0) is 19.6. The summed E-state index contributed by atoms with van der Waals surface area (Å²) in [5.74, 6) is -5.44. The normalized spacial score (nSPS) is 14.9. The molecule has 1 N–H and O–H groups in total. The minimum Gasteiger partial charge on any atom is -0.349 e. The Labute approximate surface area is 158 Å². The third-order valence-electron chi connectivity index (χ3n) is 4.49. The lowest BCUT2D eigenvalue weighted by Gasteiger charge is -2.32. The highest BCUT2D eigenvalue weighted by Gasteiger charge is 2.28. The Bertz CT molecular complexity index is 866. The molecule has 1 heterocycles. The lowest BCUT2D eigenvalue weighted by atomic mass is 10.0. The molecule has 0 spiro atoms. The number of hydrogen-bond acceptors (Lipinski definition) is 2. The van der Waals surface area contributed by atoms with Gasteiger partial charge in [0.15, 0.2) is 17.5 Å².